The van der Waals surface area contributed by atoms with Gasteiger partial charge in [-0.25, -0.2) is 0 Å². The first-order valence-corrected chi connectivity index (χ1v) is 9.66. The minimum absolute atomic E-state index is 0.143. The number of rotatable bonds is 5. The van der Waals surface area contributed by atoms with Crippen LogP contribution in [0.1, 0.15) is 23.3 Å². The van der Waals surface area contributed by atoms with Crippen LogP contribution >= 0.6 is 0 Å². The third-order valence-corrected chi connectivity index (χ3v) is 5.23. The molecule has 3 aromatic rings. The van der Waals surface area contributed by atoms with Crippen molar-refractivity contribution in [2.24, 2.45) is 0 Å². The summed E-state index contributed by atoms with van der Waals surface area (Å²) in [5.41, 5.74) is 3.13. The SMILES string of the molecule is COc1ccc(-c2ccccc2NC(=O)[C@@H]2CCCN2C(=O)c2ccc[nH]2)cc1. The number of nitrogens with zero attached hydrogens (tertiary/aromatic N) is 1. The van der Waals surface area contributed by atoms with E-state index in [1.54, 1.807) is 30.3 Å². The van der Waals surface area contributed by atoms with Crippen molar-refractivity contribution in [1.82, 2.24) is 9.88 Å². The summed E-state index contributed by atoms with van der Waals surface area (Å²) in [4.78, 5) is 30.4. The molecule has 0 bridgehead atoms. The first-order valence-electron chi connectivity index (χ1n) is 9.66. The van der Waals surface area contributed by atoms with E-state index >= 15 is 0 Å². The van der Waals surface area contributed by atoms with Gasteiger partial charge in [-0.2, -0.15) is 0 Å². The van der Waals surface area contributed by atoms with Gasteiger partial charge in [0.2, 0.25) is 5.91 Å². The molecule has 0 aliphatic carbocycles. The highest BCUT2D eigenvalue weighted by Gasteiger charge is 2.35. The van der Waals surface area contributed by atoms with Crippen LogP contribution in [0.5, 0.6) is 5.75 Å². The topological polar surface area (TPSA) is 74.4 Å². The number of H-pyrrole nitrogens is 1. The molecule has 1 fully saturated rings. The molecule has 6 nitrogen and oxygen atoms in total. The molecule has 1 aliphatic heterocycles. The van der Waals surface area contributed by atoms with Crippen molar-refractivity contribution in [3.8, 4) is 16.9 Å². The van der Waals surface area contributed by atoms with E-state index in [0.717, 1.165) is 29.0 Å². The van der Waals surface area contributed by atoms with Crippen LogP contribution in [0.2, 0.25) is 0 Å². The monoisotopic (exact) mass is 389 g/mol. The smallest absolute Gasteiger partial charge is 0.270 e. The largest absolute Gasteiger partial charge is 0.497 e. The molecule has 2 aromatic carbocycles. The lowest BCUT2D eigenvalue weighted by molar-refractivity contribution is -0.119. The molecule has 1 aromatic heterocycles. The van der Waals surface area contributed by atoms with E-state index < -0.39 is 6.04 Å². The number of benzene rings is 2. The second-order valence-corrected chi connectivity index (χ2v) is 7.00. The van der Waals surface area contributed by atoms with Crippen LogP contribution in [0, 0.1) is 0 Å². The second-order valence-electron chi connectivity index (χ2n) is 7.00. The predicted octanol–water partition coefficient (Wildman–Crippen LogP) is 3.93. The molecule has 1 atom stereocenters. The maximum atomic E-state index is 13.0. The van der Waals surface area contributed by atoms with E-state index in [4.69, 9.17) is 4.74 Å². The Balaban J connectivity index is 1.54. The highest BCUT2D eigenvalue weighted by atomic mass is 16.5. The van der Waals surface area contributed by atoms with E-state index in [1.165, 1.54) is 0 Å². The number of carbonyl (C=O) groups is 2. The number of likely N-dealkylation sites (tertiary alicyclic amines) is 1. The summed E-state index contributed by atoms with van der Waals surface area (Å²) in [6.45, 7) is 0.579. The lowest BCUT2D eigenvalue weighted by Crippen LogP contribution is -2.43. The lowest BCUT2D eigenvalue weighted by atomic mass is 10.0. The zero-order valence-corrected chi connectivity index (χ0v) is 16.2. The first kappa shape index (κ1) is 18.8. The molecule has 0 saturated carbocycles. The van der Waals surface area contributed by atoms with Gasteiger partial charge in [0.25, 0.3) is 5.91 Å². The van der Waals surface area contributed by atoms with Crippen molar-refractivity contribution in [3.63, 3.8) is 0 Å². The zero-order chi connectivity index (χ0) is 20.2. The number of anilines is 1. The number of ether oxygens (including phenoxy) is 1. The molecule has 29 heavy (non-hydrogen) atoms. The van der Waals surface area contributed by atoms with Crippen molar-refractivity contribution in [3.05, 3.63) is 72.6 Å². The standard InChI is InChI=1S/C23H23N3O3/c1-29-17-12-10-16(11-13-17)18-6-2-3-7-19(18)25-22(27)21-9-5-15-26(21)23(28)20-8-4-14-24-20/h2-4,6-8,10-14,21,24H,5,9,15H2,1H3,(H,25,27)/t21-/m0/s1. The van der Waals surface area contributed by atoms with E-state index in [2.05, 4.69) is 10.3 Å². The van der Waals surface area contributed by atoms with Crippen molar-refractivity contribution in [2.45, 2.75) is 18.9 Å². The number of methoxy groups -OCH3 is 1. The number of hydrogen-bond donors (Lipinski definition) is 2. The Labute approximate surface area is 169 Å². The Morgan fingerprint density at radius 3 is 2.59 bits per heavy atom. The highest BCUT2D eigenvalue weighted by molar-refractivity contribution is 6.02. The van der Waals surface area contributed by atoms with Gasteiger partial charge < -0.3 is 19.9 Å². The quantitative estimate of drug-likeness (QED) is 0.694. The third kappa shape index (κ3) is 3.87. The molecule has 148 valence electrons. The zero-order valence-electron chi connectivity index (χ0n) is 16.2. The molecule has 4 rings (SSSR count). The van der Waals surface area contributed by atoms with Crippen molar-refractivity contribution >= 4 is 17.5 Å². The van der Waals surface area contributed by atoms with Crippen LogP contribution in [0.3, 0.4) is 0 Å². The fourth-order valence-corrected chi connectivity index (χ4v) is 3.73. The molecule has 1 aliphatic rings. The number of carbonyl (C=O) groups excluding carboxylic acids is 2. The Kier molecular flexibility index (Phi) is 5.33. The lowest BCUT2D eigenvalue weighted by Gasteiger charge is -2.24. The van der Waals surface area contributed by atoms with Gasteiger partial charge in [-0.3, -0.25) is 9.59 Å². The van der Waals surface area contributed by atoms with Crippen LogP contribution in [0.15, 0.2) is 66.9 Å². The number of aromatic nitrogens is 1. The van der Waals surface area contributed by atoms with E-state index in [9.17, 15) is 9.59 Å². The maximum absolute atomic E-state index is 13.0. The van der Waals surface area contributed by atoms with Crippen LogP contribution in [0.4, 0.5) is 5.69 Å². The average Bonchev–Trinajstić information content (AvgIpc) is 3.46. The summed E-state index contributed by atoms with van der Waals surface area (Å²) in [5, 5.41) is 3.04. The fraction of sp³-hybridized carbons (Fsp3) is 0.217. The summed E-state index contributed by atoms with van der Waals surface area (Å²) < 4.78 is 5.22. The van der Waals surface area contributed by atoms with E-state index in [0.29, 0.717) is 18.7 Å². The summed E-state index contributed by atoms with van der Waals surface area (Å²) in [7, 11) is 1.63. The van der Waals surface area contributed by atoms with Gasteiger partial charge in [0.15, 0.2) is 0 Å². The van der Waals surface area contributed by atoms with E-state index in [-0.39, 0.29) is 11.8 Å². The summed E-state index contributed by atoms with van der Waals surface area (Å²) in [6, 6.07) is 18.4. The van der Waals surface area contributed by atoms with Gasteiger partial charge in [0.1, 0.15) is 17.5 Å². The molecule has 0 unspecified atom stereocenters. The molecule has 0 spiro atoms. The minimum Gasteiger partial charge on any atom is -0.497 e. The molecule has 2 amide bonds. The number of aromatic amines is 1. The molecule has 1 saturated heterocycles. The number of hydrogen-bond acceptors (Lipinski definition) is 3. The van der Waals surface area contributed by atoms with Crippen molar-refractivity contribution < 1.29 is 14.3 Å². The molecule has 0 radical (unpaired) electrons. The molecule has 2 N–H and O–H groups in total. The summed E-state index contributed by atoms with van der Waals surface area (Å²) in [6.07, 6.45) is 3.18. The van der Waals surface area contributed by atoms with Gasteiger partial charge >= 0.3 is 0 Å². The van der Waals surface area contributed by atoms with Gasteiger partial charge in [-0.05, 0) is 48.7 Å². The maximum Gasteiger partial charge on any atom is 0.270 e. The average molecular weight is 389 g/mol. The van der Waals surface area contributed by atoms with Crippen LogP contribution in [0.25, 0.3) is 11.1 Å². The van der Waals surface area contributed by atoms with Gasteiger partial charge in [0.05, 0.1) is 7.11 Å². The Hall–Kier alpha value is -3.54. The molecular weight excluding hydrogens is 366 g/mol. The van der Waals surface area contributed by atoms with Crippen molar-refractivity contribution in [2.75, 3.05) is 19.0 Å². The highest BCUT2D eigenvalue weighted by Crippen LogP contribution is 2.30. The van der Waals surface area contributed by atoms with Gasteiger partial charge in [-0.15, -0.1) is 0 Å². The van der Waals surface area contributed by atoms with Gasteiger partial charge in [0, 0.05) is 24.0 Å². The molecule has 6 heteroatoms. The summed E-state index contributed by atoms with van der Waals surface area (Å²) >= 11 is 0. The minimum atomic E-state index is -0.477. The van der Waals surface area contributed by atoms with Gasteiger partial charge in [-0.1, -0.05) is 30.3 Å². The Morgan fingerprint density at radius 2 is 1.86 bits per heavy atom. The Morgan fingerprint density at radius 1 is 1.07 bits per heavy atom. The third-order valence-electron chi connectivity index (χ3n) is 5.23. The second kappa shape index (κ2) is 8.22. The fourth-order valence-electron chi connectivity index (χ4n) is 3.73. The normalized spacial score (nSPS) is 15.9. The van der Waals surface area contributed by atoms with Crippen LogP contribution in [-0.2, 0) is 4.79 Å². The first-order chi connectivity index (χ1) is 14.2. The van der Waals surface area contributed by atoms with Crippen LogP contribution < -0.4 is 10.1 Å². The number of nitrogens with one attached hydrogen (secondary N) is 2. The predicted molar refractivity (Wildman–Crippen MR) is 112 cm³/mol. The number of amides is 2. The molecular formula is C23H23N3O3. The summed E-state index contributed by atoms with van der Waals surface area (Å²) in [5.74, 6) is 0.471. The van der Waals surface area contributed by atoms with Crippen LogP contribution in [-0.4, -0.2) is 41.4 Å². The van der Waals surface area contributed by atoms with E-state index in [1.807, 2.05) is 48.5 Å². The molecule has 2 heterocycles. The number of para-hydroxylation sites is 1. The Bertz CT molecular complexity index is 996. The van der Waals surface area contributed by atoms with Crippen molar-refractivity contribution in [1.29, 1.82) is 0 Å².